The number of hydrogen-bond donors (Lipinski definition) is 3. The van der Waals surface area contributed by atoms with Crippen molar-refractivity contribution in [3.63, 3.8) is 0 Å². The first-order valence-electron chi connectivity index (χ1n) is 9.74. The molecule has 164 valence electrons. The minimum atomic E-state index is -0.569. The minimum absolute atomic E-state index is 0.0781. The van der Waals surface area contributed by atoms with E-state index >= 15 is 0 Å². The van der Waals surface area contributed by atoms with E-state index in [1.54, 1.807) is 26.8 Å². The molecule has 3 rings (SSSR count). The predicted molar refractivity (Wildman–Crippen MR) is 118 cm³/mol. The van der Waals surface area contributed by atoms with Crippen LogP contribution in [0.2, 0.25) is 0 Å². The maximum Gasteiger partial charge on any atom is 0.293 e. The molecule has 0 bridgehead atoms. The van der Waals surface area contributed by atoms with Crippen LogP contribution in [-0.4, -0.2) is 22.5 Å². The van der Waals surface area contributed by atoms with Gasteiger partial charge in [0.2, 0.25) is 5.96 Å². The van der Waals surface area contributed by atoms with Crippen molar-refractivity contribution < 1.29 is 14.1 Å². The van der Waals surface area contributed by atoms with Crippen LogP contribution in [0.4, 0.5) is 11.4 Å². The summed E-state index contributed by atoms with van der Waals surface area (Å²) in [5, 5.41) is 22.1. The molecule has 0 atom stereocenters. The van der Waals surface area contributed by atoms with Crippen LogP contribution in [0.1, 0.15) is 58.8 Å². The van der Waals surface area contributed by atoms with Gasteiger partial charge in [-0.3, -0.25) is 14.9 Å². The summed E-state index contributed by atoms with van der Waals surface area (Å²) < 4.78 is 5.93. The lowest BCUT2D eigenvalue weighted by Gasteiger charge is -2.29. The maximum atomic E-state index is 13.1. The van der Waals surface area contributed by atoms with Crippen molar-refractivity contribution >= 4 is 29.0 Å². The fraction of sp³-hybridized carbons (Fsp3) is 0.381. The van der Waals surface area contributed by atoms with Gasteiger partial charge in [0.15, 0.2) is 5.76 Å². The average molecular weight is 426 g/mol. The Morgan fingerprint density at radius 2 is 1.90 bits per heavy atom. The van der Waals surface area contributed by atoms with Crippen molar-refractivity contribution in [1.29, 1.82) is 0 Å². The first kappa shape index (κ1) is 22.0. The number of anilines is 1. The number of hydrogen-bond acceptors (Lipinski definition) is 6. The molecule has 0 saturated heterocycles. The van der Waals surface area contributed by atoms with Gasteiger partial charge in [-0.25, -0.2) is 0 Å². The molecule has 1 aliphatic rings. The van der Waals surface area contributed by atoms with E-state index in [-0.39, 0.29) is 28.5 Å². The van der Waals surface area contributed by atoms with Crippen molar-refractivity contribution in [3.8, 4) is 0 Å². The van der Waals surface area contributed by atoms with Gasteiger partial charge in [-0.1, -0.05) is 19.9 Å². The van der Waals surface area contributed by atoms with E-state index in [2.05, 4.69) is 29.4 Å². The topological polar surface area (TPSA) is 162 Å². The standard InChI is InChI=1S/C21H26N6O4/c1-10-6-11(2)17(14(7-10)27(29)30)24-19(28)18-12(3)16-13(25-26-20(22)23)8-21(4,5)9-15(16)31-18/h6-7H,8-9H2,1-5H3,(H,24,28)(H4,22,23,26)/b25-13-. The van der Waals surface area contributed by atoms with Crippen LogP contribution in [0.3, 0.4) is 0 Å². The molecule has 1 amide bonds. The number of nitro benzene ring substituents is 1. The molecule has 2 aromatic rings. The van der Waals surface area contributed by atoms with Crippen molar-refractivity contribution in [3.05, 3.63) is 56.0 Å². The number of carbonyl (C=O) groups is 1. The van der Waals surface area contributed by atoms with E-state index in [1.165, 1.54) is 6.07 Å². The highest BCUT2D eigenvalue weighted by Crippen LogP contribution is 2.39. The number of nitro groups is 1. The Morgan fingerprint density at radius 3 is 2.52 bits per heavy atom. The van der Waals surface area contributed by atoms with Gasteiger partial charge in [0.05, 0.1) is 10.6 Å². The number of nitrogens with two attached hydrogens (primary N) is 2. The molecule has 5 N–H and O–H groups in total. The van der Waals surface area contributed by atoms with Crippen LogP contribution in [0.5, 0.6) is 0 Å². The summed E-state index contributed by atoms with van der Waals surface area (Å²) >= 11 is 0. The number of nitrogens with one attached hydrogen (secondary N) is 1. The highest BCUT2D eigenvalue weighted by Gasteiger charge is 2.36. The molecule has 0 radical (unpaired) electrons. The Labute approximate surface area is 179 Å². The van der Waals surface area contributed by atoms with Crippen molar-refractivity contribution in [2.75, 3.05) is 5.32 Å². The largest absolute Gasteiger partial charge is 0.455 e. The zero-order valence-electron chi connectivity index (χ0n) is 18.2. The van der Waals surface area contributed by atoms with Crippen molar-refractivity contribution in [1.82, 2.24) is 0 Å². The second-order valence-corrected chi connectivity index (χ2v) is 8.63. The van der Waals surface area contributed by atoms with Crippen molar-refractivity contribution in [2.24, 2.45) is 27.1 Å². The second-order valence-electron chi connectivity index (χ2n) is 8.63. The van der Waals surface area contributed by atoms with E-state index in [0.29, 0.717) is 41.0 Å². The van der Waals surface area contributed by atoms with Gasteiger partial charge in [0.1, 0.15) is 11.4 Å². The smallest absolute Gasteiger partial charge is 0.293 e. The van der Waals surface area contributed by atoms with Gasteiger partial charge < -0.3 is 21.2 Å². The molecule has 0 fully saturated rings. The van der Waals surface area contributed by atoms with E-state index in [4.69, 9.17) is 15.9 Å². The van der Waals surface area contributed by atoms with Crippen LogP contribution in [0.25, 0.3) is 0 Å². The third-order valence-electron chi connectivity index (χ3n) is 5.18. The number of amides is 1. The van der Waals surface area contributed by atoms with E-state index in [9.17, 15) is 14.9 Å². The predicted octanol–water partition coefficient (Wildman–Crippen LogP) is 3.32. The van der Waals surface area contributed by atoms with Crippen LogP contribution >= 0.6 is 0 Å². The van der Waals surface area contributed by atoms with Crippen LogP contribution in [0.15, 0.2) is 26.8 Å². The fourth-order valence-electron chi connectivity index (χ4n) is 3.96. The first-order valence-corrected chi connectivity index (χ1v) is 9.74. The molecule has 10 nitrogen and oxygen atoms in total. The van der Waals surface area contributed by atoms with E-state index in [0.717, 1.165) is 5.56 Å². The number of furan rings is 1. The van der Waals surface area contributed by atoms with Crippen molar-refractivity contribution in [2.45, 2.75) is 47.5 Å². The molecule has 10 heteroatoms. The number of benzene rings is 1. The van der Waals surface area contributed by atoms with E-state index < -0.39 is 10.8 Å². The normalized spacial score (nSPS) is 16.0. The number of rotatable bonds is 4. The Kier molecular flexibility index (Phi) is 5.58. The molecule has 0 aliphatic heterocycles. The summed E-state index contributed by atoms with van der Waals surface area (Å²) in [6.07, 6.45) is 1.20. The van der Waals surface area contributed by atoms with Gasteiger partial charge in [0.25, 0.3) is 11.6 Å². The number of guanidine groups is 1. The molecule has 1 aromatic heterocycles. The molecular weight excluding hydrogens is 400 g/mol. The molecule has 1 aromatic carbocycles. The second kappa shape index (κ2) is 7.86. The average Bonchev–Trinajstić information content (AvgIpc) is 2.96. The minimum Gasteiger partial charge on any atom is -0.455 e. The van der Waals surface area contributed by atoms with Crippen LogP contribution < -0.4 is 16.8 Å². The monoisotopic (exact) mass is 426 g/mol. The molecule has 1 aliphatic carbocycles. The third kappa shape index (κ3) is 4.42. The summed E-state index contributed by atoms with van der Waals surface area (Å²) in [6, 6.07) is 3.19. The van der Waals surface area contributed by atoms with Gasteiger partial charge in [-0.05, 0) is 43.7 Å². The quantitative estimate of drug-likeness (QED) is 0.294. The molecule has 0 saturated carbocycles. The number of fused-ring (bicyclic) bond motifs is 1. The summed E-state index contributed by atoms with van der Waals surface area (Å²) in [5.74, 6) is -0.0485. The Bertz CT molecular complexity index is 1140. The highest BCUT2D eigenvalue weighted by atomic mass is 16.6. The molecule has 31 heavy (non-hydrogen) atoms. The van der Waals surface area contributed by atoms with Crippen LogP contribution in [-0.2, 0) is 6.42 Å². The first-order chi connectivity index (χ1) is 14.4. The zero-order chi connectivity index (χ0) is 23.1. The summed E-state index contributed by atoms with van der Waals surface area (Å²) in [5.41, 5.74) is 13.9. The summed E-state index contributed by atoms with van der Waals surface area (Å²) in [4.78, 5) is 24.0. The van der Waals surface area contributed by atoms with Gasteiger partial charge >= 0.3 is 0 Å². The lowest BCUT2D eigenvalue weighted by atomic mass is 9.75. The van der Waals surface area contributed by atoms with Crippen LogP contribution in [0, 0.1) is 36.3 Å². The van der Waals surface area contributed by atoms with Gasteiger partial charge in [0, 0.05) is 23.6 Å². The third-order valence-corrected chi connectivity index (χ3v) is 5.18. The molecule has 0 unspecified atom stereocenters. The fourth-order valence-corrected chi connectivity index (χ4v) is 3.96. The summed E-state index contributed by atoms with van der Waals surface area (Å²) in [7, 11) is 0. The van der Waals surface area contributed by atoms with E-state index in [1.807, 2.05) is 0 Å². The SMILES string of the molecule is Cc1cc(C)c(NC(=O)c2oc3c(c2C)/C(=N\N=C(N)N)CC(C)(C)C3)c([N+](=O)[O-])c1. The zero-order valence-corrected chi connectivity index (χ0v) is 18.2. The number of carbonyl (C=O) groups excluding carboxylic acids is 1. The molecule has 1 heterocycles. The number of nitrogens with zero attached hydrogens (tertiary/aromatic N) is 3. The molecular formula is C21H26N6O4. The summed E-state index contributed by atoms with van der Waals surface area (Å²) in [6.45, 7) is 9.32. The van der Waals surface area contributed by atoms with Gasteiger partial charge in [-0.2, -0.15) is 5.10 Å². The van der Waals surface area contributed by atoms with Gasteiger partial charge in [-0.15, -0.1) is 5.10 Å². The maximum absolute atomic E-state index is 13.1. The lowest BCUT2D eigenvalue weighted by molar-refractivity contribution is -0.384. The Hall–Kier alpha value is -3.69. The highest BCUT2D eigenvalue weighted by molar-refractivity contribution is 6.10. The Morgan fingerprint density at radius 1 is 1.23 bits per heavy atom. The molecule has 0 spiro atoms. The number of aryl methyl sites for hydroxylation is 2. The Balaban J connectivity index is 2.05. The lowest BCUT2D eigenvalue weighted by Crippen LogP contribution is -2.27.